The van der Waals surface area contributed by atoms with Crippen LogP contribution in [0.25, 0.3) is 0 Å². The Morgan fingerprint density at radius 3 is 2.56 bits per heavy atom. The molecular formula is C14H28N2O2. The molecule has 2 unspecified atom stereocenters. The number of hydrogen-bond donors (Lipinski definition) is 2. The van der Waals surface area contributed by atoms with Gasteiger partial charge >= 0.3 is 6.09 Å². The van der Waals surface area contributed by atoms with Gasteiger partial charge in [0, 0.05) is 12.1 Å². The smallest absolute Gasteiger partial charge is 0.407 e. The molecule has 0 spiro atoms. The first-order valence-corrected chi connectivity index (χ1v) is 7.15. The third-order valence-electron chi connectivity index (χ3n) is 3.15. The number of alkyl carbamates (subject to hydrolysis) is 1. The normalized spacial score (nSPS) is 24.0. The quantitative estimate of drug-likeness (QED) is 0.744. The van der Waals surface area contributed by atoms with Crippen molar-refractivity contribution in [1.29, 1.82) is 0 Å². The zero-order valence-corrected chi connectivity index (χ0v) is 12.2. The molecule has 0 aromatic carbocycles. The van der Waals surface area contributed by atoms with Gasteiger partial charge < -0.3 is 15.4 Å². The summed E-state index contributed by atoms with van der Waals surface area (Å²) in [6.07, 6.45) is 5.45. The van der Waals surface area contributed by atoms with Gasteiger partial charge in [-0.3, -0.25) is 0 Å². The SMILES string of the molecule is CCCCNC1CCCC1NC(=O)OC(C)(C)C. The number of nitrogens with one attached hydrogen (secondary N) is 2. The van der Waals surface area contributed by atoms with E-state index in [1.54, 1.807) is 0 Å². The first-order chi connectivity index (χ1) is 8.42. The maximum Gasteiger partial charge on any atom is 0.407 e. The number of carbonyl (C=O) groups excluding carboxylic acids is 1. The van der Waals surface area contributed by atoms with Crippen molar-refractivity contribution < 1.29 is 9.53 Å². The fourth-order valence-corrected chi connectivity index (χ4v) is 2.30. The number of unbranched alkanes of at least 4 members (excludes halogenated alkanes) is 1. The summed E-state index contributed by atoms with van der Waals surface area (Å²) in [7, 11) is 0. The number of hydrogen-bond acceptors (Lipinski definition) is 3. The molecule has 4 heteroatoms. The molecule has 1 saturated carbocycles. The van der Waals surface area contributed by atoms with Gasteiger partial charge in [0.15, 0.2) is 0 Å². The van der Waals surface area contributed by atoms with E-state index in [1.807, 2.05) is 20.8 Å². The maximum atomic E-state index is 11.7. The fourth-order valence-electron chi connectivity index (χ4n) is 2.30. The topological polar surface area (TPSA) is 50.4 Å². The molecule has 2 N–H and O–H groups in total. The molecule has 18 heavy (non-hydrogen) atoms. The third-order valence-corrected chi connectivity index (χ3v) is 3.15. The summed E-state index contributed by atoms with van der Waals surface area (Å²) >= 11 is 0. The fraction of sp³-hybridized carbons (Fsp3) is 0.929. The summed E-state index contributed by atoms with van der Waals surface area (Å²) in [5.74, 6) is 0. The van der Waals surface area contributed by atoms with E-state index in [1.165, 1.54) is 19.3 Å². The molecule has 1 aliphatic rings. The average molecular weight is 256 g/mol. The third kappa shape index (κ3) is 5.71. The minimum atomic E-state index is -0.423. The van der Waals surface area contributed by atoms with Gasteiger partial charge in [-0.25, -0.2) is 4.79 Å². The minimum absolute atomic E-state index is 0.219. The van der Waals surface area contributed by atoms with Crippen LogP contribution >= 0.6 is 0 Å². The molecule has 0 aromatic rings. The monoisotopic (exact) mass is 256 g/mol. The summed E-state index contributed by atoms with van der Waals surface area (Å²) < 4.78 is 5.30. The van der Waals surface area contributed by atoms with Crippen LogP contribution in [0, 0.1) is 0 Å². The number of carbonyl (C=O) groups is 1. The van der Waals surface area contributed by atoms with Gasteiger partial charge in [0.25, 0.3) is 0 Å². The van der Waals surface area contributed by atoms with Crippen molar-refractivity contribution in [3.63, 3.8) is 0 Å². The Balaban J connectivity index is 2.33. The second-order valence-electron chi connectivity index (χ2n) is 6.10. The zero-order valence-electron chi connectivity index (χ0n) is 12.2. The van der Waals surface area contributed by atoms with E-state index < -0.39 is 5.60 Å². The molecule has 0 bridgehead atoms. The van der Waals surface area contributed by atoms with Crippen molar-refractivity contribution in [2.45, 2.75) is 77.5 Å². The summed E-state index contributed by atoms with van der Waals surface area (Å²) in [6, 6.07) is 0.626. The lowest BCUT2D eigenvalue weighted by Crippen LogP contribution is -2.48. The van der Waals surface area contributed by atoms with Gasteiger partial charge in [0.2, 0.25) is 0 Å². The van der Waals surface area contributed by atoms with Gasteiger partial charge in [-0.15, -0.1) is 0 Å². The molecule has 1 amide bonds. The molecule has 106 valence electrons. The van der Waals surface area contributed by atoms with Crippen LogP contribution in [0.5, 0.6) is 0 Å². The van der Waals surface area contributed by atoms with E-state index in [0.29, 0.717) is 6.04 Å². The lowest BCUT2D eigenvalue weighted by Gasteiger charge is -2.25. The van der Waals surface area contributed by atoms with Gasteiger partial charge in [-0.1, -0.05) is 13.3 Å². The molecule has 0 aromatic heterocycles. The van der Waals surface area contributed by atoms with E-state index in [4.69, 9.17) is 4.74 Å². The minimum Gasteiger partial charge on any atom is -0.444 e. The molecule has 0 radical (unpaired) electrons. The van der Waals surface area contributed by atoms with Crippen LogP contribution in [0.1, 0.15) is 59.8 Å². The Morgan fingerprint density at radius 2 is 1.94 bits per heavy atom. The molecule has 2 atom stereocenters. The maximum absolute atomic E-state index is 11.7. The van der Waals surface area contributed by atoms with Crippen LogP contribution in [-0.4, -0.2) is 30.3 Å². The number of amides is 1. The summed E-state index contributed by atoms with van der Waals surface area (Å²) in [6.45, 7) is 8.88. The highest BCUT2D eigenvalue weighted by molar-refractivity contribution is 5.68. The van der Waals surface area contributed by atoms with E-state index in [9.17, 15) is 4.79 Å². The Hall–Kier alpha value is -0.770. The van der Waals surface area contributed by atoms with Crippen molar-refractivity contribution >= 4 is 6.09 Å². The van der Waals surface area contributed by atoms with Crippen LogP contribution in [0.2, 0.25) is 0 Å². The first-order valence-electron chi connectivity index (χ1n) is 7.15. The van der Waals surface area contributed by atoms with Gasteiger partial charge in [0.1, 0.15) is 5.60 Å². The van der Waals surface area contributed by atoms with Crippen molar-refractivity contribution in [2.24, 2.45) is 0 Å². The van der Waals surface area contributed by atoms with E-state index >= 15 is 0 Å². The predicted octanol–water partition coefficient (Wildman–Crippen LogP) is 2.82. The largest absolute Gasteiger partial charge is 0.444 e. The van der Waals surface area contributed by atoms with Crippen molar-refractivity contribution in [3.05, 3.63) is 0 Å². The second kappa shape index (κ2) is 6.98. The predicted molar refractivity (Wildman–Crippen MR) is 73.7 cm³/mol. The highest BCUT2D eigenvalue weighted by atomic mass is 16.6. The van der Waals surface area contributed by atoms with Crippen molar-refractivity contribution in [2.75, 3.05) is 6.54 Å². The Bertz CT molecular complexity index is 261. The van der Waals surface area contributed by atoms with Crippen LogP contribution in [0.15, 0.2) is 0 Å². The molecule has 0 saturated heterocycles. The van der Waals surface area contributed by atoms with Crippen molar-refractivity contribution in [3.8, 4) is 0 Å². The molecule has 0 aliphatic heterocycles. The Labute approximate surface area is 111 Å². The molecule has 1 rings (SSSR count). The first kappa shape index (κ1) is 15.3. The van der Waals surface area contributed by atoms with Crippen molar-refractivity contribution in [1.82, 2.24) is 10.6 Å². The van der Waals surface area contributed by atoms with Crippen LogP contribution in [-0.2, 0) is 4.74 Å². The summed E-state index contributed by atoms with van der Waals surface area (Å²) in [4.78, 5) is 11.7. The van der Waals surface area contributed by atoms with E-state index in [2.05, 4.69) is 17.6 Å². The van der Waals surface area contributed by atoms with Gasteiger partial charge in [-0.2, -0.15) is 0 Å². The summed E-state index contributed by atoms with van der Waals surface area (Å²) in [5.41, 5.74) is -0.423. The molecule has 1 aliphatic carbocycles. The highest BCUT2D eigenvalue weighted by Gasteiger charge is 2.29. The van der Waals surface area contributed by atoms with Gasteiger partial charge in [-0.05, 0) is 53.0 Å². The Kier molecular flexibility index (Phi) is 5.93. The van der Waals surface area contributed by atoms with Crippen LogP contribution in [0.3, 0.4) is 0 Å². The molecule has 0 heterocycles. The zero-order chi connectivity index (χ0) is 13.6. The van der Waals surface area contributed by atoms with Crippen LogP contribution < -0.4 is 10.6 Å². The number of ether oxygens (including phenoxy) is 1. The highest BCUT2D eigenvalue weighted by Crippen LogP contribution is 2.20. The lowest BCUT2D eigenvalue weighted by atomic mass is 10.1. The van der Waals surface area contributed by atoms with E-state index in [0.717, 1.165) is 19.4 Å². The lowest BCUT2D eigenvalue weighted by molar-refractivity contribution is 0.0498. The van der Waals surface area contributed by atoms with Gasteiger partial charge in [0.05, 0.1) is 0 Å². The molecular weight excluding hydrogens is 228 g/mol. The summed E-state index contributed by atoms with van der Waals surface area (Å²) in [5, 5.41) is 6.52. The standard InChI is InChI=1S/C14H28N2O2/c1-5-6-10-15-11-8-7-9-12(11)16-13(17)18-14(2,3)4/h11-12,15H,5-10H2,1-4H3,(H,16,17). The van der Waals surface area contributed by atoms with E-state index in [-0.39, 0.29) is 12.1 Å². The Morgan fingerprint density at radius 1 is 1.28 bits per heavy atom. The average Bonchev–Trinajstić information content (AvgIpc) is 2.63. The van der Waals surface area contributed by atoms with Crippen LogP contribution in [0.4, 0.5) is 4.79 Å². The second-order valence-corrected chi connectivity index (χ2v) is 6.10. The molecule has 1 fully saturated rings. The molecule has 4 nitrogen and oxygen atoms in total. The number of rotatable bonds is 5.